The fourth-order valence-corrected chi connectivity index (χ4v) is 3.33. The van der Waals surface area contributed by atoms with Gasteiger partial charge in [-0.25, -0.2) is 15.0 Å². The number of carbonyl (C=O) groups excluding carboxylic acids is 1. The molecule has 0 aliphatic rings. The van der Waals surface area contributed by atoms with Crippen LogP contribution in [0.25, 0.3) is 10.6 Å². The van der Waals surface area contributed by atoms with Crippen molar-refractivity contribution in [2.75, 3.05) is 5.32 Å². The first-order valence-electron chi connectivity index (χ1n) is 7.90. The van der Waals surface area contributed by atoms with Gasteiger partial charge in [-0.3, -0.25) is 9.78 Å². The summed E-state index contributed by atoms with van der Waals surface area (Å²) in [4.78, 5) is 28.8. The van der Waals surface area contributed by atoms with Crippen LogP contribution in [0.5, 0.6) is 0 Å². The molecule has 0 saturated carbocycles. The molecule has 7 nitrogen and oxygen atoms in total. The molecule has 3 N–H and O–H groups in total. The van der Waals surface area contributed by atoms with Crippen LogP contribution in [-0.2, 0) is 0 Å². The van der Waals surface area contributed by atoms with Gasteiger partial charge < -0.3 is 11.1 Å². The van der Waals surface area contributed by atoms with E-state index >= 15 is 0 Å². The third-order valence-electron chi connectivity index (χ3n) is 3.68. The molecule has 0 bridgehead atoms. The third kappa shape index (κ3) is 3.97. The molecule has 0 aliphatic carbocycles. The molecule has 9 heteroatoms. The number of amides is 1. The van der Waals surface area contributed by atoms with Crippen LogP contribution >= 0.6 is 22.9 Å². The molecule has 1 atom stereocenters. The van der Waals surface area contributed by atoms with E-state index in [0.717, 1.165) is 5.69 Å². The second kappa shape index (κ2) is 7.76. The third-order valence-corrected chi connectivity index (χ3v) is 5.06. The number of aromatic nitrogens is 4. The number of hydrogen-bond acceptors (Lipinski definition) is 7. The predicted molar refractivity (Wildman–Crippen MR) is 102 cm³/mol. The van der Waals surface area contributed by atoms with Crippen molar-refractivity contribution in [1.82, 2.24) is 19.9 Å². The first-order valence-corrected chi connectivity index (χ1v) is 9.10. The van der Waals surface area contributed by atoms with Crippen LogP contribution in [-0.4, -0.2) is 25.8 Å². The largest absolute Gasteiger partial charge is 0.365 e. The maximum Gasteiger partial charge on any atom is 0.260 e. The van der Waals surface area contributed by atoms with Gasteiger partial charge in [-0.1, -0.05) is 25.4 Å². The Morgan fingerprint density at radius 3 is 2.50 bits per heavy atom. The second-order valence-electron chi connectivity index (χ2n) is 5.93. The lowest BCUT2D eigenvalue weighted by atomic mass is 10.0. The van der Waals surface area contributed by atoms with Crippen molar-refractivity contribution in [3.63, 3.8) is 0 Å². The number of anilines is 1. The van der Waals surface area contributed by atoms with Crippen LogP contribution in [0.1, 0.15) is 35.3 Å². The highest BCUT2D eigenvalue weighted by Gasteiger charge is 2.21. The Kier molecular flexibility index (Phi) is 5.43. The van der Waals surface area contributed by atoms with E-state index < -0.39 is 5.91 Å². The number of carbonyl (C=O) groups is 1. The summed E-state index contributed by atoms with van der Waals surface area (Å²) in [6.07, 6.45) is 6.46. The molecular weight excluding hydrogens is 372 g/mol. The van der Waals surface area contributed by atoms with Crippen molar-refractivity contribution in [2.45, 2.75) is 19.9 Å². The monoisotopic (exact) mass is 388 g/mol. The van der Waals surface area contributed by atoms with Gasteiger partial charge in [0.25, 0.3) is 5.91 Å². The van der Waals surface area contributed by atoms with Crippen LogP contribution in [0.4, 0.5) is 5.95 Å². The van der Waals surface area contributed by atoms with Gasteiger partial charge in [0.05, 0.1) is 23.0 Å². The number of nitrogens with two attached hydrogens (primary N) is 1. The second-order valence-corrected chi connectivity index (χ2v) is 7.36. The van der Waals surface area contributed by atoms with E-state index in [1.807, 2.05) is 6.07 Å². The zero-order valence-electron chi connectivity index (χ0n) is 14.2. The summed E-state index contributed by atoms with van der Waals surface area (Å²) < 4.78 is 0. The molecule has 0 aliphatic heterocycles. The Bertz CT molecular complexity index is 912. The SMILES string of the molecule is CC(C)C(Nc1ncc(-c2ncc(C(N)=O)s2)cn1)c1ncccc1Cl. The molecule has 26 heavy (non-hydrogen) atoms. The predicted octanol–water partition coefficient (Wildman–Crippen LogP) is 3.56. The lowest BCUT2D eigenvalue weighted by molar-refractivity contribution is 0.100. The molecule has 0 radical (unpaired) electrons. The maximum atomic E-state index is 11.2. The molecule has 3 rings (SSSR count). The van der Waals surface area contributed by atoms with Crippen LogP contribution in [0.2, 0.25) is 5.02 Å². The highest BCUT2D eigenvalue weighted by atomic mass is 35.5. The standard InChI is InChI=1S/C17H17ClN6OS/c1-9(2)13(14-11(18)4-3-5-20-14)24-17-22-6-10(7-23-17)16-21-8-12(26-16)15(19)25/h3-9,13H,1-2H3,(H2,19,25)(H,22,23,24). The summed E-state index contributed by atoms with van der Waals surface area (Å²) in [6.45, 7) is 4.13. The Labute approximate surface area is 159 Å². The first kappa shape index (κ1) is 18.2. The van der Waals surface area contributed by atoms with Crippen molar-refractivity contribution in [2.24, 2.45) is 11.7 Å². The van der Waals surface area contributed by atoms with Crippen LogP contribution in [0.3, 0.4) is 0 Å². The highest BCUT2D eigenvalue weighted by molar-refractivity contribution is 7.16. The van der Waals surface area contributed by atoms with Crippen LogP contribution in [0.15, 0.2) is 36.9 Å². The van der Waals surface area contributed by atoms with E-state index in [-0.39, 0.29) is 12.0 Å². The molecule has 0 fully saturated rings. The smallest absolute Gasteiger partial charge is 0.260 e. The number of hydrogen-bond donors (Lipinski definition) is 2. The molecule has 3 aromatic heterocycles. The summed E-state index contributed by atoms with van der Waals surface area (Å²) in [5.74, 6) is 0.184. The van der Waals surface area contributed by atoms with Crippen LogP contribution in [0, 0.1) is 5.92 Å². The lowest BCUT2D eigenvalue weighted by Gasteiger charge is -2.22. The topological polar surface area (TPSA) is 107 Å². The summed E-state index contributed by atoms with van der Waals surface area (Å²) in [5, 5.41) is 4.51. The van der Waals surface area contributed by atoms with Gasteiger partial charge in [-0.2, -0.15) is 0 Å². The normalized spacial score (nSPS) is 12.2. The molecule has 1 unspecified atom stereocenters. The summed E-state index contributed by atoms with van der Waals surface area (Å²) in [7, 11) is 0. The van der Waals surface area contributed by atoms with E-state index in [4.69, 9.17) is 17.3 Å². The fraction of sp³-hybridized carbons (Fsp3) is 0.235. The number of thiazole rings is 1. The van der Waals surface area contributed by atoms with Gasteiger partial charge in [0, 0.05) is 24.2 Å². The number of rotatable bonds is 6. The number of primary amides is 1. The van der Waals surface area contributed by atoms with E-state index in [9.17, 15) is 4.79 Å². The van der Waals surface area contributed by atoms with Gasteiger partial charge >= 0.3 is 0 Å². The Balaban J connectivity index is 1.81. The van der Waals surface area contributed by atoms with Crippen molar-refractivity contribution in [3.05, 3.63) is 52.5 Å². The maximum absolute atomic E-state index is 11.2. The quantitative estimate of drug-likeness (QED) is 0.668. The van der Waals surface area contributed by atoms with E-state index in [2.05, 4.69) is 39.1 Å². The van der Waals surface area contributed by atoms with Crippen LogP contribution < -0.4 is 11.1 Å². The first-order chi connectivity index (χ1) is 12.5. The van der Waals surface area contributed by atoms with E-state index in [1.165, 1.54) is 17.5 Å². The van der Waals surface area contributed by atoms with Crippen molar-refractivity contribution < 1.29 is 4.79 Å². The molecule has 134 valence electrons. The highest BCUT2D eigenvalue weighted by Crippen LogP contribution is 2.29. The van der Waals surface area contributed by atoms with Crippen molar-refractivity contribution in [1.29, 1.82) is 0 Å². The minimum absolute atomic E-state index is 0.129. The molecular formula is C17H17ClN6OS. The minimum Gasteiger partial charge on any atom is -0.365 e. The van der Waals surface area contributed by atoms with Gasteiger partial charge in [-0.15, -0.1) is 11.3 Å². The minimum atomic E-state index is -0.500. The molecule has 0 saturated heterocycles. The molecule has 1 amide bonds. The van der Waals surface area contributed by atoms with E-state index in [1.54, 1.807) is 24.7 Å². The van der Waals surface area contributed by atoms with Crippen molar-refractivity contribution in [3.8, 4) is 10.6 Å². The van der Waals surface area contributed by atoms with Gasteiger partial charge in [0.1, 0.15) is 9.88 Å². The zero-order chi connectivity index (χ0) is 18.7. The Morgan fingerprint density at radius 1 is 1.19 bits per heavy atom. The number of halogens is 1. The average molecular weight is 389 g/mol. The van der Waals surface area contributed by atoms with Gasteiger partial charge in [0.2, 0.25) is 5.95 Å². The molecule has 0 spiro atoms. The average Bonchev–Trinajstić information content (AvgIpc) is 3.11. The number of pyridine rings is 1. The van der Waals surface area contributed by atoms with E-state index in [0.29, 0.717) is 26.4 Å². The fourth-order valence-electron chi connectivity index (χ4n) is 2.35. The molecule has 0 aromatic carbocycles. The summed E-state index contributed by atoms with van der Waals surface area (Å²) >= 11 is 7.48. The Hall–Kier alpha value is -2.58. The van der Waals surface area contributed by atoms with Crippen molar-refractivity contribution >= 4 is 34.8 Å². The number of nitrogens with zero attached hydrogens (tertiary/aromatic N) is 4. The van der Waals surface area contributed by atoms with Gasteiger partial charge in [-0.05, 0) is 18.1 Å². The number of nitrogens with one attached hydrogen (secondary N) is 1. The molecule has 3 heterocycles. The Morgan fingerprint density at radius 2 is 1.92 bits per heavy atom. The summed E-state index contributed by atoms with van der Waals surface area (Å²) in [5.41, 5.74) is 6.72. The lowest BCUT2D eigenvalue weighted by Crippen LogP contribution is -2.19. The van der Waals surface area contributed by atoms with Gasteiger partial charge in [0.15, 0.2) is 0 Å². The summed E-state index contributed by atoms with van der Waals surface area (Å²) in [6, 6.07) is 3.47. The zero-order valence-corrected chi connectivity index (χ0v) is 15.8. The molecule has 3 aromatic rings.